The van der Waals surface area contributed by atoms with Crippen LogP contribution in [0, 0.1) is 5.92 Å². The Labute approximate surface area is 131 Å². The highest BCUT2D eigenvalue weighted by Crippen LogP contribution is 2.27. The van der Waals surface area contributed by atoms with E-state index in [0.717, 1.165) is 28.8 Å². The Kier molecular flexibility index (Phi) is 4.81. The summed E-state index contributed by atoms with van der Waals surface area (Å²) in [6.45, 7) is 3.14. The van der Waals surface area contributed by atoms with Crippen LogP contribution in [-0.4, -0.2) is 15.4 Å². The first-order chi connectivity index (χ1) is 10.2. The van der Waals surface area contributed by atoms with Gasteiger partial charge < -0.3 is 9.72 Å². The van der Waals surface area contributed by atoms with Crippen LogP contribution in [0.2, 0.25) is 5.02 Å². The van der Waals surface area contributed by atoms with Crippen molar-refractivity contribution in [2.45, 2.75) is 58.0 Å². The van der Waals surface area contributed by atoms with E-state index in [1.807, 2.05) is 22.7 Å². The quantitative estimate of drug-likeness (QED) is 0.885. The van der Waals surface area contributed by atoms with Crippen molar-refractivity contribution < 1.29 is 0 Å². The first-order valence-corrected chi connectivity index (χ1v) is 8.49. The molecule has 3 rings (SSSR count). The van der Waals surface area contributed by atoms with Crippen LogP contribution >= 0.6 is 11.6 Å². The second-order valence-electron chi connectivity index (χ2n) is 6.23. The summed E-state index contributed by atoms with van der Waals surface area (Å²) in [4.78, 5) is 4.62. The summed E-state index contributed by atoms with van der Waals surface area (Å²) in [6, 6.07) is 4.50. The van der Waals surface area contributed by atoms with Crippen LogP contribution < -0.4 is 5.32 Å². The Morgan fingerprint density at radius 3 is 2.81 bits per heavy atom. The molecule has 1 aliphatic rings. The van der Waals surface area contributed by atoms with E-state index in [-0.39, 0.29) is 0 Å². The van der Waals surface area contributed by atoms with Gasteiger partial charge in [0, 0.05) is 25.0 Å². The fraction of sp³-hybridized carbons (Fsp3) is 0.588. The van der Waals surface area contributed by atoms with Crippen LogP contribution in [0.3, 0.4) is 0 Å². The zero-order chi connectivity index (χ0) is 14.7. The molecule has 0 amide bonds. The predicted octanol–water partition coefficient (Wildman–Crippen LogP) is 4.44. The molecule has 1 saturated carbocycles. The van der Waals surface area contributed by atoms with Crippen LogP contribution in [-0.2, 0) is 6.54 Å². The maximum Gasteiger partial charge on any atom is 0.137 e. The number of pyridine rings is 1. The molecule has 0 unspecified atom stereocenters. The molecule has 0 radical (unpaired) electrons. The number of nitrogens with zero attached hydrogens (tertiary/aromatic N) is 2. The summed E-state index contributed by atoms with van der Waals surface area (Å²) in [6.07, 6.45) is 12.1. The molecule has 114 valence electrons. The molecule has 0 aromatic carbocycles. The molecule has 0 atom stereocenters. The summed E-state index contributed by atoms with van der Waals surface area (Å²) in [5.41, 5.74) is 2.05. The second kappa shape index (κ2) is 6.80. The normalized spacial score (nSPS) is 22.8. The molecule has 0 bridgehead atoms. The minimum Gasteiger partial charge on any atom is -0.308 e. The van der Waals surface area contributed by atoms with Crippen molar-refractivity contribution in [3.05, 3.63) is 35.2 Å². The van der Waals surface area contributed by atoms with Gasteiger partial charge in [0.05, 0.1) is 10.7 Å². The molecule has 2 aromatic heterocycles. The Hall–Kier alpha value is -1.06. The van der Waals surface area contributed by atoms with E-state index < -0.39 is 0 Å². The maximum absolute atomic E-state index is 6.00. The molecule has 0 aliphatic heterocycles. The number of hydrogen-bond donors (Lipinski definition) is 1. The summed E-state index contributed by atoms with van der Waals surface area (Å²) < 4.78 is 2.00. The van der Waals surface area contributed by atoms with Gasteiger partial charge in [0.2, 0.25) is 0 Å². The van der Waals surface area contributed by atoms with Crippen molar-refractivity contribution in [1.29, 1.82) is 0 Å². The van der Waals surface area contributed by atoms with Gasteiger partial charge in [-0.25, -0.2) is 4.98 Å². The first-order valence-electron chi connectivity index (χ1n) is 8.11. The molecule has 3 nitrogen and oxygen atoms in total. The molecular weight excluding hydrogens is 282 g/mol. The van der Waals surface area contributed by atoms with E-state index >= 15 is 0 Å². The van der Waals surface area contributed by atoms with Gasteiger partial charge in [-0.05, 0) is 43.7 Å². The Balaban J connectivity index is 1.52. The number of imidazole rings is 1. The monoisotopic (exact) mass is 305 g/mol. The maximum atomic E-state index is 6.00. The predicted molar refractivity (Wildman–Crippen MR) is 87.7 cm³/mol. The minimum absolute atomic E-state index is 0.659. The van der Waals surface area contributed by atoms with Gasteiger partial charge >= 0.3 is 0 Å². The summed E-state index contributed by atoms with van der Waals surface area (Å²) in [7, 11) is 0. The standard InChI is InChI=1S/C17H24ClN3/c1-2-3-13-4-7-15(8-5-13)19-10-16-12-21-11-14(18)6-9-17(21)20-16/h6,9,11-13,15,19H,2-5,7-8,10H2,1H3. The summed E-state index contributed by atoms with van der Waals surface area (Å²) in [5.74, 6) is 0.963. The second-order valence-corrected chi connectivity index (χ2v) is 6.67. The molecule has 2 aromatic rings. The molecule has 21 heavy (non-hydrogen) atoms. The lowest BCUT2D eigenvalue weighted by molar-refractivity contribution is 0.277. The fourth-order valence-corrected chi connectivity index (χ4v) is 3.58. The average molecular weight is 306 g/mol. The fourth-order valence-electron chi connectivity index (χ4n) is 3.41. The van der Waals surface area contributed by atoms with Gasteiger partial charge in [-0.2, -0.15) is 0 Å². The van der Waals surface area contributed by atoms with E-state index in [9.17, 15) is 0 Å². The molecule has 4 heteroatoms. The van der Waals surface area contributed by atoms with Crippen LogP contribution in [0.15, 0.2) is 24.5 Å². The molecule has 1 aliphatic carbocycles. The Morgan fingerprint density at radius 2 is 2.05 bits per heavy atom. The van der Waals surface area contributed by atoms with E-state index in [1.165, 1.54) is 38.5 Å². The molecule has 0 spiro atoms. The van der Waals surface area contributed by atoms with Crippen LogP contribution in [0.5, 0.6) is 0 Å². The molecular formula is C17H24ClN3. The number of aromatic nitrogens is 2. The average Bonchev–Trinajstić information content (AvgIpc) is 2.89. The number of rotatable bonds is 5. The first kappa shape index (κ1) is 14.9. The van der Waals surface area contributed by atoms with Gasteiger partial charge in [-0.15, -0.1) is 0 Å². The third-order valence-corrected chi connectivity index (χ3v) is 4.80. The van der Waals surface area contributed by atoms with Crippen molar-refractivity contribution in [3.63, 3.8) is 0 Å². The third-order valence-electron chi connectivity index (χ3n) is 4.58. The van der Waals surface area contributed by atoms with E-state index in [1.54, 1.807) is 0 Å². The van der Waals surface area contributed by atoms with Gasteiger partial charge in [0.1, 0.15) is 5.65 Å². The topological polar surface area (TPSA) is 29.3 Å². The van der Waals surface area contributed by atoms with E-state index in [0.29, 0.717) is 6.04 Å². The summed E-state index contributed by atoms with van der Waals surface area (Å²) >= 11 is 6.00. The van der Waals surface area contributed by atoms with E-state index in [4.69, 9.17) is 11.6 Å². The molecule has 1 fully saturated rings. The molecule has 0 saturated heterocycles. The lowest BCUT2D eigenvalue weighted by Crippen LogP contribution is -2.32. The van der Waals surface area contributed by atoms with Gasteiger partial charge in [0.25, 0.3) is 0 Å². The smallest absolute Gasteiger partial charge is 0.137 e. The highest BCUT2D eigenvalue weighted by molar-refractivity contribution is 6.30. The number of halogens is 1. The Bertz CT molecular complexity index is 585. The highest BCUT2D eigenvalue weighted by atomic mass is 35.5. The third kappa shape index (κ3) is 3.78. The zero-order valence-corrected chi connectivity index (χ0v) is 13.4. The van der Waals surface area contributed by atoms with Crippen molar-refractivity contribution in [1.82, 2.24) is 14.7 Å². The van der Waals surface area contributed by atoms with Crippen molar-refractivity contribution >= 4 is 17.2 Å². The highest BCUT2D eigenvalue weighted by Gasteiger charge is 2.20. The SMILES string of the molecule is CCCC1CCC(NCc2cn3cc(Cl)ccc3n2)CC1. The van der Waals surface area contributed by atoms with Crippen LogP contribution in [0.25, 0.3) is 5.65 Å². The number of fused-ring (bicyclic) bond motifs is 1. The lowest BCUT2D eigenvalue weighted by Gasteiger charge is -2.28. The van der Waals surface area contributed by atoms with E-state index in [2.05, 4.69) is 23.4 Å². The number of hydrogen-bond acceptors (Lipinski definition) is 2. The van der Waals surface area contributed by atoms with Crippen molar-refractivity contribution in [2.75, 3.05) is 0 Å². The van der Waals surface area contributed by atoms with Crippen LogP contribution in [0.4, 0.5) is 0 Å². The van der Waals surface area contributed by atoms with Gasteiger partial charge in [-0.3, -0.25) is 0 Å². The largest absolute Gasteiger partial charge is 0.308 e. The van der Waals surface area contributed by atoms with Crippen molar-refractivity contribution in [3.8, 4) is 0 Å². The molecule has 1 N–H and O–H groups in total. The Morgan fingerprint density at radius 1 is 1.24 bits per heavy atom. The van der Waals surface area contributed by atoms with Crippen LogP contribution in [0.1, 0.15) is 51.1 Å². The molecule has 2 heterocycles. The van der Waals surface area contributed by atoms with Crippen molar-refractivity contribution in [2.24, 2.45) is 5.92 Å². The lowest BCUT2D eigenvalue weighted by atomic mass is 9.83. The van der Waals surface area contributed by atoms with Gasteiger partial charge in [-0.1, -0.05) is 31.4 Å². The number of nitrogens with one attached hydrogen (secondary N) is 1. The zero-order valence-electron chi connectivity index (χ0n) is 12.7. The van der Waals surface area contributed by atoms with Gasteiger partial charge in [0.15, 0.2) is 0 Å². The minimum atomic E-state index is 0.659. The summed E-state index contributed by atoms with van der Waals surface area (Å²) in [5, 5.41) is 4.41.